The molecule has 1 aromatic heterocycles. The molecule has 1 heterocycles. The topological polar surface area (TPSA) is 71.5 Å². The molecule has 0 spiro atoms. The molecular formula is C15H18N2O3S. The second-order valence-electron chi connectivity index (χ2n) is 4.50. The Hall–Kier alpha value is -1.92. The Morgan fingerprint density at radius 2 is 2.29 bits per heavy atom. The van der Waals surface area contributed by atoms with Gasteiger partial charge in [0.15, 0.2) is 0 Å². The molecule has 6 heteroatoms. The highest BCUT2D eigenvalue weighted by Crippen LogP contribution is 2.25. The maximum absolute atomic E-state index is 10.4. The zero-order valence-corrected chi connectivity index (χ0v) is 12.7. The summed E-state index contributed by atoms with van der Waals surface area (Å²) in [5.41, 5.74) is 1.98. The Morgan fingerprint density at radius 3 is 3.05 bits per heavy atom. The van der Waals surface area contributed by atoms with Crippen LogP contribution in [0.15, 0.2) is 29.6 Å². The molecule has 0 amide bonds. The van der Waals surface area contributed by atoms with Gasteiger partial charge in [-0.15, -0.1) is 11.3 Å². The number of ether oxygens (including phenoxy) is 1. The van der Waals surface area contributed by atoms with Crippen molar-refractivity contribution in [2.75, 3.05) is 20.2 Å². The maximum Gasteiger partial charge on any atom is 0.304 e. The Morgan fingerprint density at radius 1 is 1.43 bits per heavy atom. The molecular weight excluding hydrogens is 288 g/mol. The smallest absolute Gasteiger partial charge is 0.304 e. The van der Waals surface area contributed by atoms with Crippen molar-refractivity contribution in [3.63, 3.8) is 0 Å². The number of nitrogens with one attached hydrogen (secondary N) is 1. The van der Waals surface area contributed by atoms with Crippen LogP contribution in [0.2, 0.25) is 0 Å². The Bertz CT molecular complexity index is 598. The van der Waals surface area contributed by atoms with Gasteiger partial charge in [-0.1, -0.05) is 12.1 Å². The lowest BCUT2D eigenvalue weighted by Crippen LogP contribution is -2.20. The number of thiazole rings is 1. The van der Waals surface area contributed by atoms with Gasteiger partial charge < -0.3 is 15.2 Å². The first kappa shape index (κ1) is 15.5. The van der Waals surface area contributed by atoms with E-state index in [9.17, 15) is 4.79 Å². The number of carboxylic acid groups (broad SMARTS) is 1. The van der Waals surface area contributed by atoms with E-state index >= 15 is 0 Å². The molecule has 0 aliphatic rings. The molecule has 0 saturated heterocycles. The molecule has 112 valence electrons. The van der Waals surface area contributed by atoms with E-state index in [0.717, 1.165) is 35.0 Å². The maximum atomic E-state index is 10.4. The number of rotatable bonds is 8. The van der Waals surface area contributed by atoms with E-state index in [2.05, 4.69) is 10.3 Å². The SMILES string of the molecule is COc1cccc(-c2csc(CCNCCC(=O)O)n2)c1. The van der Waals surface area contributed by atoms with E-state index in [1.165, 1.54) is 0 Å². The van der Waals surface area contributed by atoms with Gasteiger partial charge in [-0.3, -0.25) is 4.79 Å². The van der Waals surface area contributed by atoms with Gasteiger partial charge >= 0.3 is 5.97 Å². The summed E-state index contributed by atoms with van der Waals surface area (Å²) in [7, 11) is 1.65. The molecule has 0 bridgehead atoms. The van der Waals surface area contributed by atoms with Gasteiger partial charge in [-0.05, 0) is 12.1 Å². The molecule has 0 saturated carbocycles. The van der Waals surface area contributed by atoms with Gasteiger partial charge in [0.25, 0.3) is 0 Å². The summed E-state index contributed by atoms with van der Waals surface area (Å²) in [5, 5.41) is 14.7. The number of carbonyl (C=O) groups is 1. The molecule has 21 heavy (non-hydrogen) atoms. The van der Waals surface area contributed by atoms with E-state index in [0.29, 0.717) is 6.54 Å². The molecule has 0 fully saturated rings. The molecule has 0 aliphatic carbocycles. The second-order valence-corrected chi connectivity index (χ2v) is 5.44. The molecule has 2 N–H and O–H groups in total. The van der Waals surface area contributed by atoms with Gasteiger partial charge in [0, 0.05) is 30.5 Å². The molecule has 2 aromatic rings. The summed E-state index contributed by atoms with van der Waals surface area (Å²) in [6.07, 6.45) is 0.946. The van der Waals surface area contributed by atoms with E-state index in [4.69, 9.17) is 9.84 Å². The third-order valence-corrected chi connectivity index (χ3v) is 3.86. The first-order valence-electron chi connectivity index (χ1n) is 6.70. The van der Waals surface area contributed by atoms with Gasteiger partial charge in [0.1, 0.15) is 5.75 Å². The number of nitrogens with zero attached hydrogens (tertiary/aromatic N) is 1. The van der Waals surface area contributed by atoms with E-state index in [1.54, 1.807) is 18.4 Å². The fraction of sp³-hybridized carbons (Fsp3) is 0.333. The summed E-state index contributed by atoms with van der Waals surface area (Å²) in [4.78, 5) is 15.0. The largest absolute Gasteiger partial charge is 0.497 e. The number of hydrogen-bond acceptors (Lipinski definition) is 5. The molecule has 0 aliphatic heterocycles. The third kappa shape index (κ3) is 4.84. The number of benzene rings is 1. The zero-order valence-electron chi connectivity index (χ0n) is 11.8. The molecule has 5 nitrogen and oxygen atoms in total. The summed E-state index contributed by atoms with van der Waals surface area (Å²) >= 11 is 1.61. The van der Waals surface area contributed by atoms with Crippen LogP contribution >= 0.6 is 11.3 Å². The Balaban J connectivity index is 1.87. The zero-order chi connectivity index (χ0) is 15.1. The van der Waals surface area contributed by atoms with Crippen molar-refractivity contribution in [1.29, 1.82) is 0 Å². The van der Waals surface area contributed by atoms with Crippen LogP contribution in [0.4, 0.5) is 0 Å². The third-order valence-electron chi connectivity index (χ3n) is 2.95. The standard InChI is InChI=1S/C15H18N2O3S/c1-20-12-4-2-3-11(9-12)13-10-21-14(17-13)5-7-16-8-6-15(18)19/h2-4,9-10,16H,5-8H2,1H3,(H,18,19). The van der Waals surface area contributed by atoms with E-state index in [1.807, 2.05) is 29.6 Å². The summed E-state index contributed by atoms with van der Waals surface area (Å²) < 4.78 is 5.21. The number of aromatic nitrogens is 1. The lowest BCUT2D eigenvalue weighted by atomic mass is 10.2. The Kier molecular flexibility index (Phi) is 5.71. The highest BCUT2D eigenvalue weighted by molar-refractivity contribution is 7.09. The lowest BCUT2D eigenvalue weighted by Gasteiger charge is -2.02. The van der Waals surface area contributed by atoms with Crippen molar-refractivity contribution >= 4 is 17.3 Å². The minimum absolute atomic E-state index is 0.146. The van der Waals surface area contributed by atoms with Crippen molar-refractivity contribution in [1.82, 2.24) is 10.3 Å². The minimum atomic E-state index is -0.781. The lowest BCUT2D eigenvalue weighted by molar-refractivity contribution is -0.136. The number of methoxy groups -OCH3 is 1. The van der Waals surface area contributed by atoms with Crippen LogP contribution < -0.4 is 10.1 Å². The highest BCUT2D eigenvalue weighted by atomic mass is 32.1. The van der Waals surface area contributed by atoms with Crippen LogP contribution in [-0.2, 0) is 11.2 Å². The minimum Gasteiger partial charge on any atom is -0.497 e. The molecule has 0 radical (unpaired) electrons. The normalized spacial score (nSPS) is 10.5. The highest BCUT2D eigenvalue weighted by Gasteiger charge is 2.05. The van der Waals surface area contributed by atoms with Gasteiger partial charge in [0.05, 0.1) is 24.2 Å². The van der Waals surface area contributed by atoms with Crippen molar-refractivity contribution in [2.45, 2.75) is 12.8 Å². The van der Waals surface area contributed by atoms with Crippen LogP contribution in [0.3, 0.4) is 0 Å². The van der Waals surface area contributed by atoms with Gasteiger partial charge in [0.2, 0.25) is 0 Å². The summed E-state index contributed by atoms with van der Waals surface area (Å²) in [5.74, 6) is 0.0365. The average molecular weight is 306 g/mol. The van der Waals surface area contributed by atoms with Gasteiger partial charge in [-0.2, -0.15) is 0 Å². The molecule has 1 aromatic carbocycles. The average Bonchev–Trinajstić information content (AvgIpc) is 2.95. The quantitative estimate of drug-likeness (QED) is 0.733. The predicted octanol–water partition coefficient (Wildman–Crippen LogP) is 2.43. The van der Waals surface area contributed by atoms with E-state index < -0.39 is 5.97 Å². The monoisotopic (exact) mass is 306 g/mol. The fourth-order valence-electron chi connectivity index (χ4n) is 1.86. The summed E-state index contributed by atoms with van der Waals surface area (Å²) in [6.45, 7) is 1.22. The number of hydrogen-bond donors (Lipinski definition) is 2. The predicted molar refractivity (Wildman–Crippen MR) is 82.9 cm³/mol. The second kappa shape index (κ2) is 7.75. The number of carboxylic acids is 1. The first-order valence-corrected chi connectivity index (χ1v) is 7.58. The van der Waals surface area contributed by atoms with Crippen molar-refractivity contribution < 1.29 is 14.6 Å². The van der Waals surface area contributed by atoms with Crippen LogP contribution in [0.25, 0.3) is 11.3 Å². The molecule has 0 atom stereocenters. The van der Waals surface area contributed by atoms with Crippen LogP contribution in [0, 0.1) is 0 Å². The summed E-state index contributed by atoms with van der Waals surface area (Å²) in [6, 6.07) is 7.82. The van der Waals surface area contributed by atoms with Crippen molar-refractivity contribution in [3.8, 4) is 17.0 Å². The van der Waals surface area contributed by atoms with Crippen LogP contribution in [0.5, 0.6) is 5.75 Å². The first-order chi connectivity index (χ1) is 10.2. The molecule has 0 unspecified atom stereocenters. The van der Waals surface area contributed by atoms with E-state index in [-0.39, 0.29) is 6.42 Å². The molecule has 2 rings (SSSR count). The van der Waals surface area contributed by atoms with Crippen molar-refractivity contribution in [3.05, 3.63) is 34.7 Å². The Labute approximate surface area is 127 Å². The van der Waals surface area contributed by atoms with Crippen LogP contribution in [0.1, 0.15) is 11.4 Å². The number of aliphatic carboxylic acids is 1. The van der Waals surface area contributed by atoms with Crippen molar-refractivity contribution in [2.24, 2.45) is 0 Å². The van der Waals surface area contributed by atoms with Gasteiger partial charge in [-0.25, -0.2) is 4.98 Å². The fourth-order valence-corrected chi connectivity index (χ4v) is 2.66. The van der Waals surface area contributed by atoms with Crippen LogP contribution in [-0.4, -0.2) is 36.3 Å².